The fourth-order valence-corrected chi connectivity index (χ4v) is 4.44. The predicted octanol–water partition coefficient (Wildman–Crippen LogP) is 2.56. The van der Waals surface area contributed by atoms with Gasteiger partial charge in [-0.2, -0.15) is 0 Å². The first kappa shape index (κ1) is 22.2. The number of nitrogens with zero attached hydrogens (tertiary/aromatic N) is 1. The van der Waals surface area contributed by atoms with Crippen LogP contribution in [0.15, 0.2) is 42.6 Å². The number of benzene rings is 2. The SMILES string of the molecule is CCc1ccc(Cc2cn([C@@H]3O[C@H](CO)[C@@H](O)[C@H](O)[C@H]3O)c3c(Cl)cc(F)cc23)cc1. The van der Waals surface area contributed by atoms with Crippen molar-refractivity contribution in [2.24, 2.45) is 0 Å². The third-order valence-electron chi connectivity index (χ3n) is 5.89. The Labute approximate surface area is 184 Å². The molecule has 2 heterocycles. The Kier molecular flexibility index (Phi) is 6.35. The summed E-state index contributed by atoms with van der Waals surface area (Å²) in [6.45, 7) is 1.54. The van der Waals surface area contributed by atoms with Crippen LogP contribution in [-0.4, -0.2) is 56.0 Å². The van der Waals surface area contributed by atoms with Crippen LogP contribution in [0.1, 0.15) is 29.8 Å². The highest BCUT2D eigenvalue weighted by Crippen LogP contribution is 2.37. The van der Waals surface area contributed by atoms with E-state index < -0.39 is 43.1 Å². The van der Waals surface area contributed by atoms with Gasteiger partial charge in [-0.05, 0) is 41.7 Å². The molecule has 0 radical (unpaired) electrons. The molecular formula is C23H25ClFNO5. The smallest absolute Gasteiger partial charge is 0.163 e. The van der Waals surface area contributed by atoms with Crippen LogP contribution in [0.25, 0.3) is 10.9 Å². The molecule has 2 aromatic carbocycles. The lowest BCUT2D eigenvalue weighted by Crippen LogP contribution is -2.56. The zero-order valence-corrected chi connectivity index (χ0v) is 17.7. The number of fused-ring (bicyclic) bond motifs is 1. The summed E-state index contributed by atoms with van der Waals surface area (Å²) in [6.07, 6.45) is -3.55. The van der Waals surface area contributed by atoms with Crippen LogP contribution in [0.3, 0.4) is 0 Å². The van der Waals surface area contributed by atoms with Crippen LogP contribution < -0.4 is 0 Å². The van der Waals surface area contributed by atoms with Gasteiger partial charge in [-0.1, -0.05) is 42.8 Å². The quantitative estimate of drug-likeness (QED) is 0.480. The number of rotatable bonds is 5. The first-order chi connectivity index (χ1) is 14.8. The van der Waals surface area contributed by atoms with E-state index in [-0.39, 0.29) is 5.02 Å². The van der Waals surface area contributed by atoms with Gasteiger partial charge in [-0.3, -0.25) is 0 Å². The summed E-state index contributed by atoms with van der Waals surface area (Å²) in [5.74, 6) is -0.494. The van der Waals surface area contributed by atoms with Crippen molar-refractivity contribution in [1.29, 1.82) is 0 Å². The van der Waals surface area contributed by atoms with E-state index in [2.05, 4.69) is 6.92 Å². The van der Waals surface area contributed by atoms with Gasteiger partial charge in [-0.15, -0.1) is 0 Å². The predicted molar refractivity (Wildman–Crippen MR) is 115 cm³/mol. The largest absolute Gasteiger partial charge is 0.394 e. The van der Waals surface area contributed by atoms with Gasteiger partial charge in [-0.25, -0.2) is 4.39 Å². The van der Waals surface area contributed by atoms with Gasteiger partial charge in [0.2, 0.25) is 0 Å². The van der Waals surface area contributed by atoms with Crippen molar-refractivity contribution in [3.8, 4) is 0 Å². The number of halogens is 2. The Balaban J connectivity index is 1.80. The Morgan fingerprint density at radius 2 is 1.71 bits per heavy atom. The summed E-state index contributed by atoms with van der Waals surface area (Å²) in [7, 11) is 0. The molecule has 1 aromatic heterocycles. The molecule has 0 bridgehead atoms. The highest BCUT2D eigenvalue weighted by Gasteiger charge is 2.44. The summed E-state index contributed by atoms with van der Waals surface area (Å²) >= 11 is 6.37. The molecule has 1 aliphatic rings. The van der Waals surface area contributed by atoms with E-state index in [1.54, 1.807) is 6.20 Å². The minimum atomic E-state index is -1.53. The number of aliphatic hydroxyl groups is 4. The van der Waals surface area contributed by atoms with E-state index >= 15 is 0 Å². The lowest BCUT2D eigenvalue weighted by Gasteiger charge is -2.40. The molecule has 166 valence electrons. The first-order valence-electron chi connectivity index (χ1n) is 10.2. The van der Waals surface area contributed by atoms with Crippen LogP contribution >= 0.6 is 11.6 Å². The van der Waals surface area contributed by atoms with Gasteiger partial charge in [0.05, 0.1) is 17.1 Å². The number of ether oxygens (including phenoxy) is 1. The summed E-state index contributed by atoms with van der Waals surface area (Å²) in [4.78, 5) is 0. The normalized spacial score (nSPS) is 26.5. The Hall–Kier alpha value is -2.00. The number of hydrogen-bond donors (Lipinski definition) is 4. The van der Waals surface area contributed by atoms with Crippen molar-refractivity contribution in [3.63, 3.8) is 0 Å². The number of hydrogen-bond acceptors (Lipinski definition) is 5. The fourth-order valence-electron chi connectivity index (χ4n) is 4.14. The molecule has 0 unspecified atom stereocenters. The Morgan fingerprint density at radius 1 is 1.03 bits per heavy atom. The molecule has 4 rings (SSSR count). The zero-order chi connectivity index (χ0) is 22.3. The van der Waals surface area contributed by atoms with Crippen molar-refractivity contribution in [3.05, 3.63) is 70.1 Å². The van der Waals surface area contributed by atoms with E-state index in [1.165, 1.54) is 22.3 Å². The van der Waals surface area contributed by atoms with Crippen molar-refractivity contribution in [2.75, 3.05) is 6.61 Å². The molecule has 0 aliphatic carbocycles. The van der Waals surface area contributed by atoms with Crippen molar-refractivity contribution >= 4 is 22.5 Å². The van der Waals surface area contributed by atoms with Gasteiger partial charge in [0.25, 0.3) is 0 Å². The maximum absolute atomic E-state index is 14.2. The molecule has 0 saturated carbocycles. The van der Waals surface area contributed by atoms with Crippen LogP contribution in [-0.2, 0) is 17.6 Å². The average molecular weight is 450 g/mol. The van der Waals surface area contributed by atoms with Crippen molar-refractivity contribution < 1.29 is 29.6 Å². The molecule has 4 N–H and O–H groups in total. The van der Waals surface area contributed by atoms with Gasteiger partial charge >= 0.3 is 0 Å². The standard InChI is InChI=1S/C23H25ClFNO5/c1-2-12-3-5-13(6-4-12)7-14-10-26(19-16(14)8-15(25)9-17(19)24)23-22(30)21(29)20(28)18(11-27)31-23/h3-6,8-10,18,20-23,27-30H,2,7,11H2,1H3/t18-,20-,21+,22-,23-/m1/s1. The minimum absolute atomic E-state index is 0.125. The molecular weight excluding hydrogens is 425 g/mol. The van der Waals surface area contributed by atoms with Crippen LogP contribution in [0.5, 0.6) is 0 Å². The molecule has 1 fully saturated rings. The lowest BCUT2D eigenvalue weighted by molar-refractivity contribution is -0.250. The fraction of sp³-hybridized carbons (Fsp3) is 0.391. The van der Waals surface area contributed by atoms with Crippen LogP contribution in [0, 0.1) is 5.82 Å². The average Bonchev–Trinajstić information content (AvgIpc) is 3.11. The summed E-state index contributed by atoms with van der Waals surface area (Å²) in [5, 5.41) is 41.1. The zero-order valence-electron chi connectivity index (χ0n) is 16.9. The molecule has 3 aromatic rings. The third kappa shape index (κ3) is 4.09. The summed E-state index contributed by atoms with van der Waals surface area (Å²) in [5.41, 5.74) is 3.43. The summed E-state index contributed by atoms with van der Waals surface area (Å²) < 4.78 is 21.4. The highest BCUT2D eigenvalue weighted by molar-refractivity contribution is 6.35. The van der Waals surface area contributed by atoms with Crippen LogP contribution in [0.2, 0.25) is 5.02 Å². The van der Waals surface area contributed by atoms with E-state index in [9.17, 15) is 24.8 Å². The second-order valence-electron chi connectivity index (χ2n) is 7.91. The molecule has 31 heavy (non-hydrogen) atoms. The molecule has 6 nitrogen and oxygen atoms in total. The molecule has 8 heteroatoms. The van der Waals surface area contributed by atoms with E-state index in [0.717, 1.165) is 17.5 Å². The number of aliphatic hydroxyl groups excluding tert-OH is 4. The molecule has 0 amide bonds. The molecule has 5 atom stereocenters. The second-order valence-corrected chi connectivity index (χ2v) is 8.32. The monoisotopic (exact) mass is 449 g/mol. The van der Waals surface area contributed by atoms with Crippen molar-refractivity contribution in [1.82, 2.24) is 4.57 Å². The number of aromatic nitrogens is 1. The van der Waals surface area contributed by atoms with E-state index in [0.29, 0.717) is 17.3 Å². The topological polar surface area (TPSA) is 95.1 Å². The molecule has 1 aliphatic heterocycles. The van der Waals surface area contributed by atoms with Gasteiger partial charge in [0, 0.05) is 11.6 Å². The third-order valence-corrected chi connectivity index (χ3v) is 6.18. The summed E-state index contributed by atoms with van der Waals surface area (Å²) in [6, 6.07) is 10.6. The Bertz CT molecular complexity index is 1070. The number of aryl methyl sites for hydroxylation is 1. The molecule has 0 spiro atoms. The van der Waals surface area contributed by atoms with Gasteiger partial charge in [0.1, 0.15) is 30.2 Å². The highest BCUT2D eigenvalue weighted by atomic mass is 35.5. The first-order valence-corrected chi connectivity index (χ1v) is 10.6. The van der Waals surface area contributed by atoms with Gasteiger partial charge in [0.15, 0.2) is 6.23 Å². The van der Waals surface area contributed by atoms with Crippen LogP contribution in [0.4, 0.5) is 4.39 Å². The maximum Gasteiger partial charge on any atom is 0.163 e. The minimum Gasteiger partial charge on any atom is -0.394 e. The van der Waals surface area contributed by atoms with Gasteiger partial charge < -0.3 is 29.7 Å². The lowest BCUT2D eigenvalue weighted by atomic mass is 9.98. The van der Waals surface area contributed by atoms with E-state index in [1.807, 2.05) is 24.3 Å². The second kappa shape index (κ2) is 8.86. The van der Waals surface area contributed by atoms with Crippen molar-refractivity contribution in [2.45, 2.75) is 50.4 Å². The maximum atomic E-state index is 14.2. The van der Waals surface area contributed by atoms with E-state index in [4.69, 9.17) is 16.3 Å². The molecule has 1 saturated heterocycles. The Morgan fingerprint density at radius 3 is 2.35 bits per heavy atom.